The van der Waals surface area contributed by atoms with E-state index in [9.17, 15) is 4.79 Å². The Bertz CT molecular complexity index is 941. The molecule has 3 aromatic rings. The van der Waals surface area contributed by atoms with Gasteiger partial charge in [0.05, 0.1) is 17.8 Å². The number of thiophene rings is 1. The van der Waals surface area contributed by atoms with Crippen molar-refractivity contribution in [2.45, 2.75) is 38.6 Å². The minimum Gasteiger partial charge on any atom is -0.350 e. The van der Waals surface area contributed by atoms with Crippen LogP contribution in [-0.4, -0.2) is 45.3 Å². The molecule has 8 heteroatoms. The van der Waals surface area contributed by atoms with E-state index in [0.717, 1.165) is 41.9 Å². The number of hydrogen-bond acceptors (Lipinski definition) is 6. The first kappa shape index (κ1) is 18.1. The van der Waals surface area contributed by atoms with E-state index in [-0.39, 0.29) is 5.91 Å². The summed E-state index contributed by atoms with van der Waals surface area (Å²) in [5.74, 6) is 0.773. The quantitative estimate of drug-likeness (QED) is 0.682. The minimum absolute atomic E-state index is 0.0408. The number of aromatic nitrogens is 4. The van der Waals surface area contributed by atoms with Crippen molar-refractivity contribution >= 4 is 28.4 Å². The molecular weight excluding hydrogens is 360 g/mol. The fourth-order valence-electron chi connectivity index (χ4n) is 3.40. The highest BCUT2D eigenvalue weighted by molar-refractivity contribution is 7.10. The van der Waals surface area contributed by atoms with Gasteiger partial charge in [-0.2, -0.15) is 5.10 Å². The second-order valence-electron chi connectivity index (χ2n) is 7.18. The Morgan fingerprint density at radius 1 is 1.41 bits per heavy atom. The normalized spacial score (nSPS) is 17.1. The number of carbonyl (C=O) groups is 1. The fourth-order valence-corrected chi connectivity index (χ4v) is 4.30. The van der Waals surface area contributed by atoms with E-state index in [1.54, 1.807) is 23.7 Å². The lowest BCUT2D eigenvalue weighted by Gasteiger charge is -2.06. The molecular formula is C19H24N6OS. The first-order valence-corrected chi connectivity index (χ1v) is 10.3. The Kier molecular flexibility index (Phi) is 5.18. The third-order valence-corrected chi connectivity index (χ3v) is 6.13. The van der Waals surface area contributed by atoms with Gasteiger partial charge in [-0.1, -0.05) is 13.8 Å². The minimum atomic E-state index is -0.0408. The van der Waals surface area contributed by atoms with E-state index >= 15 is 0 Å². The number of hydrogen-bond donors (Lipinski definition) is 2. The molecule has 1 atom stereocenters. The second kappa shape index (κ2) is 7.74. The molecule has 1 amide bonds. The zero-order valence-corrected chi connectivity index (χ0v) is 16.4. The monoisotopic (exact) mass is 384 g/mol. The van der Waals surface area contributed by atoms with Crippen molar-refractivity contribution < 1.29 is 4.79 Å². The van der Waals surface area contributed by atoms with E-state index in [0.29, 0.717) is 24.9 Å². The summed E-state index contributed by atoms with van der Waals surface area (Å²) >= 11 is 1.63. The largest absolute Gasteiger partial charge is 0.350 e. The van der Waals surface area contributed by atoms with Gasteiger partial charge in [-0.3, -0.25) is 4.79 Å². The summed E-state index contributed by atoms with van der Waals surface area (Å²) in [5.41, 5.74) is 3.39. The van der Waals surface area contributed by atoms with E-state index in [1.165, 1.54) is 4.88 Å². The van der Waals surface area contributed by atoms with Gasteiger partial charge >= 0.3 is 0 Å². The Balaban J connectivity index is 1.45. The van der Waals surface area contributed by atoms with Gasteiger partial charge in [-0.15, -0.1) is 11.3 Å². The van der Waals surface area contributed by atoms with Crippen molar-refractivity contribution in [3.05, 3.63) is 40.0 Å². The summed E-state index contributed by atoms with van der Waals surface area (Å²) in [5, 5.41) is 13.1. The predicted octanol–water partition coefficient (Wildman–Crippen LogP) is 2.52. The van der Waals surface area contributed by atoms with Crippen molar-refractivity contribution in [2.24, 2.45) is 0 Å². The summed E-state index contributed by atoms with van der Waals surface area (Å²) in [6.45, 7) is 7.28. The van der Waals surface area contributed by atoms with Crippen LogP contribution in [0.4, 0.5) is 0 Å². The lowest BCUT2D eigenvalue weighted by atomic mass is 10.0. The molecule has 4 heterocycles. The molecule has 3 aromatic heterocycles. The summed E-state index contributed by atoms with van der Waals surface area (Å²) in [6, 6.07) is 1.98. The molecule has 0 aromatic carbocycles. The smallest absolute Gasteiger partial charge is 0.252 e. The van der Waals surface area contributed by atoms with Crippen molar-refractivity contribution in [3.63, 3.8) is 0 Å². The van der Waals surface area contributed by atoms with Crippen molar-refractivity contribution in [3.8, 4) is 0 Å². The highest BCUT2D eigenvalue weighted by atomic mass is 32.1. The highest BCUT2D eigenvalue weighted by Gasteiger charge is 2.24. The van der Waals surface area contributed by atoms with Crippen LogP contribution < -0.4 is 10.6 Å². The van der Waals surface area contributed by atoms with Crippen LogP contribution in [0, 0.1) is 0 Å². The van der Waals surface area contributed by atoms with E-state index < -0.39 is 0 Å². The summed E-state index contributed by atoms with van der Waals surface area (Å²) in [4.78, 5) is 22.6. The van der Waals surface area contributed by atoms with Crippen molar-refractivity contribution in [1.29, 1.82) is 0 Å². The number of amides is 1. The van der Waals surface area contributed by atoms with Crippen LogP contribution in [-0.2, 0) is 6.54 Å². The Labute approximate surface area is 162 Å². The molecule has 142 valence electrons. The fraction of sp³-hybridized carbons (Fsp3) is 0.474. The third kappa shape index (κ3) is 3.72. The lowest BCUT2D eigenvalue weighted by Crippen LogP contribution is -2.27. The topological polar surface area (TPSA) is 84.7 Å². The molecule has 2 N–H and O–H groups in total. The van der Waals surface area contributed by atoms with E-state index in [4.69, 9.17) is 5.10 Å². The summed E-state index contributed by atoms with van der Waals surface area (Å²) in [6.07, 6.45) is 4.47. The molecule has 0 saturated carbocycles. The molecule has 27 heavy (non-hydrogen) atoms. The van der Waals surface area contributed by atoms with Gasteiger partial charge in [0, 0.05) is 41.7 Å². The van der Waals surface area contributed by atoms with Crippen LogP contribution in [0.1, 0.15) is 53.0 Å². The maximum Gasteiger partial charge on any atom is 0.252 e. The number of rotatable bonds is 6. The molecule has 1 aliphatic rings. The SMILES string of the molecule is CC(C)c1cc(C(=O)NCCn2nc(C3CCNC3)c3nccnc32)cs1. The number of nitrogens with zero attached hydrogens (tertiary/aromatic N) is 4. The van der Waals surface area contributed by atoms with Gasteiger partial charge in [-0.25, -0.2) is 14.6 Å². The average molecular weight is 385 g/mol. The standard InChI is InChI=1S/C19H24N6OS/c1-12(2)15-9-14(11-27-15)19(26)23-7-8-25-18-17(21-5-6-22-18)16(24-25)13-3-4-20-10-13/h5-6,9,11-13,20H,3-4,7-8,10H2,1-2H3,(H,23,26). The average Bonchev–Trinajstić information content (AvgIpc) is 3.41. The molecule has 1 unspecified atom stereocenters. The number of nitrogens with one attached hydrogen (secondary N) is 2. The number of fused-ring (bicyclic) bond motifs is 1. The zero-order valence-electron chi connectivity index (χ0n) is 15.6. The highest BCUT2D eigenvalue weighted by Crippen LogP contribution is 2.26. The maximum absolute atomic E-state index is 12.4. The first-order valence-electron chi connectivity index (χ1n) is 9.38. The van der Waals surface area contributed by atoms with Gasteiger partial charge in [0.1, 0.15) is 5.52 Å². The van der Waals surface area contributed by atoms with Crippen molar-refractivity contribution in [2.75, 3.05) is 19.6 Å². The summed E-state index contributed by atoms with van der Waals surface area (Å²) in [7, 11) is 0. The molecule has 1 aliphatic heterocycles. The van der Waals surface area contributed by atoms with Gasteiger partial charge in [0.15, 0.2) is 5.65 Å². The molecule has 7 nitrogen and oxygen atoms in total. The zero-order chi connectivity index (χ0) is 18.8. The van der Waals surface area contributed by atoms with Crippen LogP contribution in [0.2, 0.25) is 0 Å². The van der Waals surface area contributed by atoms with Crippen LogP contribution >= 0.6 is 11.3 Å². The molecule has 4 rings (SSSR count). The van der Waals surface area contributed by atoms with Crippen molar-refractivity contribution in [1.82, 2.24) is 30.4 Å². The molecule has 1 fully saturated rings. The maximum atomic E-state index is 12.4. The molecule has 0 bridgehead atoms. The second-order valence-corrected chi connectivity index (χ2v) is 8.12. The lowest BCUT2D eigenvalue weighted by molar-refractivity contribution is 0.0952. The van der Waals surface area contributed by atoms with Gasteiger partial charge < -0.3 is 10.6 Å². The van der Waals surface area contributed by atoms with Gasteiger partial charge in [0.2, 0.25) is 0 Å². The van der Waals surface area contributed by atoms with E-state index in [2.05, 4.69) is 34.4 Å². The van der Waals surface area contributed by atoms with Crippen LogP contribution in [0.25, 0.3) is 11.2 Å². The van der Waals surface area contributed by atoms with Gasteiger partial charge in [-0.05, 0) is 24.9 Å². The van der Waals surface area contributed by atoms with Crippen LogP contribution in [0.5, 0.6) is 0 Å². The molecule has 0 aliphatic carbocycles. The molecule has 0 radical (unpaired) electrons. The number of carbonyl (C=O) groups excluding carboxylic acids is 1. The van der Waals surface area contributed by atoms with Gasteiger partial charge in [0.25, 0.3) is 5.91 Å². The Hall–Kier alpha value is -2.32. The first-order chi connectivity index (χ1) is 13.1. The Morgan fingerprint density at radius 3 is 3.00 bits per heavy atom. The molecule has 0 spiro atoms. The van der Waals surface area contributed by atoms with E-state index in [1.807, 2.05) is 16.1 Å². The van der Waals surface area contributed by atoms with Crippen LogP contribution in [0.15, 0.2) is 23.8 Å². The Morgan fingerprint density at radius 2 is 2.26 bits per heavy atom. The molecule has 1 saturated heterocycles. The third-order valence-electron chi connectivity index (χ3n) is 4.90. The van der Waals surface area contributed by atoms with Crippen LogP contribution in [0.3, 0.4) is 0 Å². The summed E-state index contributed by atoms with van der Waals surface area (Å²) < 4.78 is 1.86. The predicted molar refractivity (Wildman–Crippen MR) is 106 cm³/mol.